The Morgan fingerprint density at radius 1 is 0.271 bits per heavy atom. The molecule has 18 heteroatoms. The van der Waals surface area contributed by atoms with Gasteiger partial charge in [-0.25, -0.2) is 9.13 Å². The summed E-state index contributed by atoms with van der Waals surface area (Å²) < 4.78 is 61.1. The third-order valence-electron chi connectivity index (χ3n) is 17.2. The van der Waals surface area contributed by atoms with Crippen molar-refractivity contribution in [3.63, 3.8) is 0 Å². The summed E-state index contributed by atoms with van der Waals surface area (Å²) in [5.74, 6) is -1.65. The van der Waals surface area contributed by atoms with Crippen LogP contribution in [-0.2, 0) is 55.8 Å². The molecule has 0 aromatic carbocycles. The fourth-order valence-corrected chi connectivity index (χ4v) is 12.5. The standard InChI is InChI=1S/C89H150O16P2/c1-4-7-10-13-16-19-22-25-28-30-32-34-35-36-37-38-39-40-41-42-43-44-45-46-47-49-51-52-55-57-60-63-66-69-72-75-87(92)99-78-84(90)79-101-106(95,96)102-80-85(91)81-103-107(97,98)104-83-86(105-89(94)77-74-71-68-65-62-59-54-27-24-21-18-15-12-9-6-3)82-100-88(93)76-73-70-67-64-61-58-56-53-50-48-33-31-29-26-23-20-17-14-11-8-5-2/h8-9,11-12,16-21,25-29,32-34,36-37,48,53-54,56,61,64,84-86,90-91H,4-7,10,13-15,22-24,30-31,35,38-47,49-52,55,57-60,62-63,65-83H2,1-3H3,(H,95,96)(H,97,98)/b11-8-,12-9-,19-16-,20-17-,21-18-,28-25-,29-26-,34-32-,37-36-,48-33-,54-27-,56-53-,64-61-. The highest BCUT2D eigenvalue weighted by Crippen LogP contribution is 2.45. The van der Waals surface area contributed by atoms with Gasteiger partial charge in [-0.15, -0.1) is 0 Å². The number of phosphoric acid groups is 2. The summed E-state index contributed by atoms with van der Waals surface area (Å²) in [7, 11) is -9.82. The molecule has 0 aliphatic rings. The van der Waals surface area contributed by atoms with E-state index in [1.807, 2.05) is 0 Å². The van der Waals surface area contributed by atoms with Crippen molar-refractivity contribution < 1.29 is 75.8 Å². The Balaban J connectivity index is 4.46. The number of esters is 3. The highest BCUT2D eigenvalue weighted by atomic mass is 31.2. The summed E-state index contributed by atoms with van der Waals surface area (Å²) in [5, 5.41) is 20.7. The van der Waals surface area contributed by atoms with Gasteiger partial charge in [0, 0.05) is 19.3 Å². The highest BCUT2D eigenvalue weighted by molar-refractivity contribution is 7.47. The third-order valence-corrected chi connectivity index (χ3v) is 19.1. The average molecular weight is 1540 g/mol. The van der Waals surface area contributed by atoms with Crippen molar-refractivity contribution in [2.75, 3.05) is 39.6 Å². The lowest BCUT2D eigenvalue weighted by Crippen LogP contribution is -2.30. The van der Waals surface area contributed by atoms with E-state index in [0.717, 1.165) is 141 Å². The topological polar surface area (TPSA) is 231 Å². The monoisotopic (exact) mass is 1540 g/mol. The van der Waals surface area contributed by atoms with Crippen LogP contribution in [0.3, 0.4) is 0 Å². The van der Waals surface area contributed by atoms with E-state index >= 15 is 0 Å². The molecule has 0 amide bonds. The number of ether oxygens (including phenoxy) is 3. The second-order valence-electron chi connectivity index (χ2n) is 27.5. The van der Waals surface area contributed by atoms with Crippen LogP contribution in [0.2, 0.25) is 0 Å². The quantitative estimate of drug-likeness (QED) is 0.0146. The fourth-order valence-electron chi connectivity index (χ4n) is 10.9. The molecule has 0 rings (SSSR count). The first kappa shape index (κ1) is 102. The van der Waals surface area contributed by atoms with Crippen LogP contribution in [0.25, 0.3) is 0 Å². The molecule has 0 spiro atoms. The van der Waals surface area contributed by atoms with Crippen molar-refractivity contribution in [3.05, 3.63) is 158 Å². The first-order valence-electron chi connectivity index (χ1n) is 41.8. The zero-order valence-electron chi connectivity index (χ0n) is 67.0. The van der Waals surface area contributed by atoms with Gasteiger partial charge >= 0.3 is 33.6 Å². The Labute approximate surface area is 650 Å². The predicted molar refractivity (Wildman–Crippen MR) is 445 cm³/mol. The van der Waals surface area contributed by atoms with Gasteiger partial charge in [0.2, 0.25) is 0 Å². The Morgan fingerprint density at radius 2 is 0.495 bits per heavy atom. The number of carbonyl (C=O) groups is 3. The molecule has 0 fully saturated rings. The van der Waals surface area contributed by atoms with Gasteiger partial charge < -0.3 is 34.2 Å². The molecule has 0 aliphatic carbocycles. The molecule has 0 bridgehead atoms. The molecule has 612 valence electrons. The lowest BCUT2D eigenvalue weighted by Gasteiger charge is -2.21. The molecule has 5 atom stereocenters. The third kappa shape index (κ3) is 82.0. The van der Waals surface area contributed by atoms with Crippen molar-refractivity contribution in [2.24, 2.45) is 0 Å². The minimum Gasteiger partial charge on any atom is -0.463 e. The fraction of sp³-hybridized carbons (Fsp3) is 0.674. The van der Waals surface area contributed by atoms with Crippen molar-refractivity contribution in [1.29, 1.82) is 0 Å². The first-order valence-corrected chi connectivity index (χ1v) is 44.8. The van der Waals surface area contributed by atoms with E-state index in [4.69, 9.17) is 32.3 Å². The molecule has 4 N–H and O–H groups in total. The van der Waals surface area contributed by atoms with E-state index in [2.05, 4.69) is 179 Å². The van der Waals surface area contributed by atoms with Crippen LogP contribution in [0.1, 0.15) is 329 Å². The van der Waals surface area contributed by atoms with Crippen LogP contribution in [-0.4, -0.2) is 95.9 Å². The Hall–Kier alpha value is -4.83. The van der Waals surface area contributed by atoms with Crippen LogP contribution in [0, 0.1) is 0 Å². The lowest BCUT2D eigenvalue weighted by molar-refractivity contribution is -0.161. The van der Waals surface area contributed by atoms with Crippen molar-refractivity contribution in [1.82, 2.24) is 0 Å². The molecule has 0 radical (unpaired) electrons. The molecule has 16 nitrogen and oxygen atoms in total. The van der Waals surface area contributed by atoms with Crippen LogP contribution in [0.4, 0.5) is 0 Å². The molecule has 0 aromatic rings. The largest absolute Gasteiger partial charge is 0.472 e. The number of rotatable bonds is 78. The average Bonchev–Trinajstić information content (AvgIpc) is 1.01. The summed E-state index contributed by atoms with van der Waals surface area (Å²) >= 11 is 0. The van der Waals surface area contributed by atoms with Gasteiger partial charge in [-0.05, 0) is 148 Å². The van der Waals surface area contributed by atoms with E-state index < -0.39 is 91.5 Å². The summed E-state index contributed by atoms with van der Waals surface area (Å²) in [4.78, 5) is 58.7. The van der Waals surface area contributed by atoms with E-state index in [1.165, 1.54) is 128 Å². The smallest absolute Gasteiger partial charge is 0.463 e. The molecule has 0 aliphatic heterocycles. The number of phosphoric ester groups is 2. The number of unbranched alkanes of at least 4 members (excludes halogenated alkanes) is 29. The van der Waals surface area contributed by atoms with Crippen molar-refractivity contribution in [2.45, 2.75) is 347 Å². The summed E-state index contributed by atoms with van der Waals surface area (Å²) in [6.07, 6.45) is 102. The van der Waals surface area contributed by atoms with Gasteiger partial charge in [0.1, 0.15) is 25.4 Å². The van der Waals surface area contributed by atoms with Crippen LogP contribution < -0.4 is 0 Å². The number of hydrogen-bond acceptors (Lipinski definition) is 14. The maximum atomic E-state index is 13.0. The number of carbonyl (C=O) groups excluding carboxylic acids is 3. The van der Waals surface area contributed by atoms with Gasteiger partial charge in [0.25, 0.3) is 0 Å². The second kappa shape index (κ2) is 80.7. The minimum atomic E-state index is -4.95. The van der Waals surface area contributed by atoms with Gasteiger partial charge in [-0.1, -0.05) is 320 Å². The second-order valence-corrected chi connectivity index (χ2v) is 30.4. The molecular weight excluding hydrogens is 1390 g/mol. The zero-order chi connectivity index (χ0) is 78.0. The Bertz CT molecular complexity index is 2580. The van der Waals surface area contributed by atoms with Gasteiger partial charge in [0.05, 0.1) is 26.4 Å². The summed E-state index contributed by atoms with van der Waals surface area (Å²) in [6.45, 7) is 2.36. The summed E-state index contributed by atoms with van der Waals surface area (Å²) in [6, 6.07) is 0. The van der Waals surface area contributed by atoms with Gasteiger partial charge in [0.15, 0.2) is 6.10 Å². The van der Waals surface area contributed by atoms with Crippen molar-refractivity contribution in [3.8, 4) is 0 Å². The molecule has 0 saturated carbocycles. The number of hydrogen-bond donors (Lipinski definition) is 4. The molecule has 0 saturated heterocycles. The maximum Gasteiger partial charge on any atom is 0.472 e. The lowest BCUT2D eigenvalue weighted by atomic mass is 10.0. The Kier molecular flexibility index (Phi) is 77.0. The van der Waals surface area contributed by atoms with Crippen LogP contribution in [0.15, 0.2) is 158 Å². The van der Waals surface area contributed by atoms with E-state index in [1.54, 1.807) is 0 Å². The van der Waals surface area contributed by atoms with E-state index in [0.29, 0.717) is 19.3 Å². The Morgan fingerprint density at radius 3 is 0.804 bits per heavy atom. The first-order chi connectivity index (χ1) is 52.2. The SMILES string of the molecule is CC/C=C\C/C=C\C/C=C\C/C=C\C/C=C\C/C=C\CCCCC(=O)OCC(COP(=O)(O)OCC(O)COP(=O)(O)OCC(O)COC(=O)CCCCCCCCCCCCCCCCCCCCC/C=C\C/C=C\C/C=C\C/C=C\CCCCC)OC(=O)CCCCCCC/C=C\C/C=C\C/C=C\CC. The molecule has 5 unspecified atom stereocenters. The number of allylic oxidation sites excluding steroid dienone is 26. The minimum absolute atomic E-state index is 0.0704. The number of aliphatic hydroxyl groups excluding tert-OH is 2. The van der Waals surface area contributed by atoms with Crippen LogP contribution in [0.5, 0.6) is 0 Å². The number of aliphatic hydroxyl groups is 2. The molecule has 107 heavy (non-hydrogen) atoms. The van der Waals surface area contributed by atoms with Crippen LogP contribution >= 0.6 is 15.6 Å². The normalized spacial score (nSPS) is 14.7. The van der Waals surface area contributed by atoms with E-state index in [-0.39, 0.29) is 19.3 Å². The van der Waals surface area contributed by atoms with Gasteiger partial charge in [-0.3, -0.25) is 32.5 Å². The van der Waals surface area contributed by atoms with E-state index in [9.17, 15) is 43.5 Å². The van der Waals surface area contributed by atoms with Gasteiger partial charge in [-0.2, -0.15) is 0 Å². The molecular formula is C89H150O16P2. The zero-order valence-corrected chi connectivity index (χ0v) is 68.8. The summed E-state index contributed by atoms with van der Waals surface area (Å²) in [5.41, 5.74) is 0. The van der Waals surface area contributed by atoms with Crippen molar-refractivity contribution >= 4 is 33.6 Å². The predicted octanol–water partition coefficient (Wildman–Crippen LogP) is 25.0. The maximum absolute atomic E-state index is 13.0. The molecule has 0 heterocycles. The highest BCUT2D eigenvalue weighted by Gasteiger charge is 2.29. The molecule has 0 aromatic heterocycles.